The van der Waals surface area contributed by atoms with Gasteiger partial charge < -0.3 is 0 Å². The maximum atomic E-state index is 13.6. The van der Waals surface area contributed by atoms with Crippen molar-refractivity contribution < 1.29 is 12.8 Å². The van der Waals surface area contributed by atoms with Crippen molar-refractivity contribution in [2.24, 2.45) is 0 Å². The Balaban J connectivity index is 2.36. The van der Waals surface area contributed by atoms with E-state index in [4.69, 9.17) is 23.2 Å². The quantitative estimate of drug-likeness (QED) is 0.931. The Hall–Kier alpha value is -1.30. The van der Waals surface area contributed by atoms with Crippen LogP contribution in [-0.2, 0) is 10.0 Å². The van der Waals surface area contributed by atoms with Crippen LogP contribution in [0.2, 0.25) is 10.0 Å². The van der Waals surface area contributed by atoms with Crippen LogP contribution in [0.15, 0.2) is 47.4 Å². The summed E-state index contributed by atoms with van der Waals surface area (Å²) in [5.41, 5.74) is -0.206. The minimum atomic E-state index is -3.88. The Labute approximate surface area is 120 Å². The molecule has 2 rings (SSSR count). The van der Waals surface area contributed by atoms with Crippen LogP contribution in [-0.4, -0.2) is 8.42 Å². The van der Waals surface area contributed by atoms with Crippen molar-refractivity contribution in [3.8, 4) is 0 Å². The Bertz CT molecular complexity index is 702. The highest BCUT2D eigenvalue weighted by molar-refractivity contribution is 7.92. The molecule has 0 aliphatic carbocycles. The van der Waals surface area contributed by atoms with E-state index in [9.17, 15) is 12.8 Å². The van der Waals surface area contributed by atoms with E-state index in [1.54, 1.807) is 0 Å². The lowest BCUT2D eigenvalue weighted by Gasteiger charge is -2.09. The molecule has 0 heterocycles. The second-order valence-electron chi connectivity index (χ2n) is 3.66. The van der Waals surface area contributed by atoms with Crippen LogP contribution >= 0.6 is 23.2 Å². The topological polar surface area (TPSA) is 46.2 Å². The van der Waals surface area contributed by atoms with Gasteiger partial charge in [0.15, 0.2) is 5.82 Å². The van der Waals surface area contributed by atoms with Gasteiger partial charge in [-0.2, -0.15) is 0 Å². The van der Waals surface area contributed by atoms with Gasteiger partial charge >= 0.3 is 0 Å². The number of halogens is 3. The fourth-order valence-corrected chi connectivity index (χ4v) is 2.76. The van der Waals surface area contributed by atoms with Gasteiger partial charge in [-0.15, -0.1) is 0 Å². The van der Waals surface area contributed by atoms with E-state index < -0.39 is 15.8 Å². The van der Waals surface area contributed by atoms with Gasteiger partial charge in [0.05, 0.1) is 15.6 Å². The first-order valence-electron chi connectivity index (χ1n) is 5.12. The van der Waals surface area contributed by atoms with Gasteiger partial charge in [-0.05, 0) is 36.4 Å². The van der Waals surface area contributed by atoms with Crippen LogP contribution in [0.5, 0.6) is 0 Å². The summed E-state index contributed by atoms with van der Waals surface area (Å²) in [5, 5.41) is 0.254. The minimum Gasteiger partial charge on any atom is -0.277 e. The van der Waals surface area contributed by atoms with Crippen LogP contribution in [0.1, 0.15) is 0 Å². The lowest BCUT2D eigenvalue weighted by atomic mass is 10.3. The minimum absolute atomic E-state index is 0.0173. The predicted octanol–water partition coefficient (Wildman–Crippen LogP) is 3.93. The summed E-state index contributed by atoms with van der Waals surface area (Å²) in [6.45, 7) is 0. The van der Waals surface area contributed by atoms with Gasteiger partial charge in [-0.25, -0.2) is 12.8 Å². The van der Waals surface area contributed by atoms with Crippen molar-refractivity contribution in [2.75, 3.05) is 4.72 Å². The molecule has 2 aromatic rings. The van der Waals surface area contributed by atoms with Crippen molar-refractivity contribution in [3.63, 3.8) is 0 Å². The van der Waals surface area contributed by atoms with Crippen molar-refractivity contribution >= 4 is 38.9 Å². The van der Waals surface area contributed by atoms with Gasteiger partial charge in [-0.1, -0.05) is 29.3 Å². The van der Waals surface area contributed by atoms with Crippen molar-refractivity contribution in [3.05, 3.63) is 58.3 Å². The summed E-state index contributed by atoms with van der Waals surface area (Å²) in [6.07, 6.45) is 0. The molecule has 0 saturated heterocycles. The van der Waals surface area contributed by atoms with E-state index in [1.807, 2.05) is 0 Å². The summed E-state index contributed by atoms with van der Waals surface area (Å²) < 4.78 is 39.8. The molecule has 0 aliphatic rings. The normalized spacial score (nSPS) is 11.3. The van der Waals surface area contributed by atoms with E-state index >= 15 is 0 Å². The van der Waals surface area contributed by atoms with E-state index in [2.05, 4.69) is 4.72 Å². The van der Waals surface area contributed by atoms with E-state index in [1.165, 1.54) is 42.5 Å². The maximum absolute atomic E-state index is 13.6. The number of hydrogen-bond donors (Lipinski definition) is 1. The zero-order valence-electron chi connectivity index (χ0n) is 9.40. The first kappa shape index (κ1) is 14.1. The molecule has 0 radical (unpaired) electrons. The van der Waals surface area contributed by atoms with E-state index in [0.29, 0.717) is 5.02 Å². The second kappa shape index (κ2) is 5.36. The molecule has 1 N–H and O–H groups in total. The zero-order valence-corrected chi connectivity index (χ0v) is 11.7. The molecular formula is C12H8Cl2FNO2S. The summed E-state index contributed by atoms with van der Waals surface area (Å²) >= 11 is 11.3. The highest BCUT2D eigenvalue weighted by Crippen LogP contribution is 2.25. The molecule has 0 bridgehead atoms. The van der Waals surface area contributed by atoms with Crippen molar-refractivity contribution in [1.29, 1.82) is 0 Å². The van der Waals surface area contributed by atoms with Gasteiger partial charge in [0.2, 0.25) is 0 Å². The number of sulfonamides is 1. The SMILES string of the molecule is O=S(=O)(Nc1cccc(Cl)c1F)c1ccc(Cl)cc1. The average molecular weight is 320 g/mol. The Morgan fingerprint density at radius 3 is 2.26 bits per heavy atom. The molecular weight excluding hydrogens is 312 g/mol. The monoisotopic (exact) mass is 319 g/mol. The molecule has 0 spiro atoms. The fraction of sp³-hybridized carbons (Fsp3) is 0. The standard InChI is InChI=1S/C12H8Cl2FNO2S/c13-8-4-6-9(7-5-8)19(17,18)16-11-3-1-2-10(14)12(11)15/h1-7,16H. The number of hydrogen-bond acceptors (Lipinski definition) is 2. The molecule has 100 valence electrons. The molecule has 0 fully saturated rings. The molecule has 0 atom stereocenters. The molecule has 3 nitrogen and oxygen atoms in total. The largest absolute Gasteiger partial charge is 0.277 e. The van der Waals surface area contributed by atoms with Crippen LogP contribution < -0.4 is 4.72 Å². The summed E-state index contributed by atoms with van der Waals surface area (Å²) in [4.78, 5) is -0.0173. The molecule has 2 aromatic carbocycles. The molecule has 0 unspecified atom stereocenters. The third-order valence-corrected chi connectivity index (χ3v) is 4.25. The highest BCUT2D eigenvalue weighted by atomic mass is 35.5. The van der Waals surface area contributed by atoms with Gasteiger partial charge in [-0.3, -0.25) is 4.72 Å². The second-order valence-corrected chi connectivity index (χ2v) is 6.19. The average Bonchev–Trinajstić information content (AvgIpc) is 2.35. The molecule has 19 heavy (non-hydrogen) atoms. The molecule has 0 aliphatic heterocycles. The van der Waals surface area contributed by atoms with Crippen LogP contribution in [0.25, 0.3) is 0 Å². The summed E-state index contributed by atoms with van der Waals surface area (Å²) in [7, 11) is -3.88. The first-order chi connectivity index (χ1) is 8.90. The Kier molecular flexibility index (Phi) is 3.99. The molecule has 0 saturated carbocycles. The van der Waals surface area contributed by atoms with E-state index in [-0.39, 0.29) is 15.6 Å². The lowest BCUT2D eigenvalue weighted by Crippen LogP contribution is -2.13. The third kappa shape index (κ3) is 3.18. The summed E-state index contributed by atoms with van der Waals surface area (Å²) in [6, 6.07) is 9.59. The van der Waals surface area contributed by atoms with E-state index in [0.717, 1.165) is 0 Å². The number of nitrogens with one attached hydrogen (secondary N) is 1. The van der Waals surface area contributed by atoms with Crippen molar-refractivity contribution in [1.82, 2.24) is 0 Å². The number of rotatable bonds is 3. The van der Waals surface area contributed by atoms with Gasteiger partial charge in [0.25, 0.3) is 10.0 Å². The third-order valence-electron chi connectivity index (χ3n) is 2.32. The van der Waals surface area contributed by atoms with Crippen LogP contribution in [0.4, 0.5) is 10.1 Å². The molecule has 0 aromatic heterocycles. The maximum Gasteiger partial charge on any atom is 0.261 e. The highest BCUT2D eigenvalue weighted by Gasteiger charge is 2.17. The van der Waals surface area contributed by atoms with Crippen molar-refractivity contribution in [2.45, 2.75) is 4.90 Å². The zero-order chi connectivity index (χ0) is 14.0. The molecule has 7 heteroatoms. The number of anilines is 1. The number of benzene rings is 2. The van der Waals surface area contributed by atoms with Gasteiger partial charge in [0.1, 0.15) is 0 Å². The smallest absolute Gasteiger partial charge is 0.261 e. The lowest BCUT2D eigenvalue weighted by molar-refractivity contribution is 0.598. The molecule has 0 amide bonds. The Morgan fingerprint density at radius 2 is 1.63 bits per heavy atom. The van der Waals surface area contributed by atoms with Crippen LogP contribution in [0.3, 0.4) is 0 Å². The Morgan fingerprint density at radius 1 is 1.00 bits per heavy atom. The first-order valence-corrected chi connectivity index (χ1v) is 7.36. The summed E-state index contributed by atoms with van der Waals surface area (Å²) in [5.74, 6) is -0.818. The fourth-order valence-electron chi connectivity index (χ4n) is 1.40. The van der Waals surface area contributed by atoms with Crippen LogP contribution in [0, 0.1) is 5.82 Å². The predicted molar refractivity (Wildman–Crippen MR) is 73.7 cm³/mol. The van der Waals surface area contributed by atoms with Gasteiger partial charge in [0, 0.05) is 5.02 Å².